The highest BCUT2D eigenvalue weighted by Crippen LogP contribution is 2.20. The lowest BCUT2D eigenvalue weighted by molar-refractivity contribution is -0.130. The average Bonchev–Trinajstić information content (AvgIpc) is 3.28. The third kappa shape index (κ3) is 4.92. The molecule has 1 saturated heterocycles. The van der Waals surface area contributed by atoms with Crippen LogP contribution >= 0.6 is 15.9 Å². The molecule has 0 spiro atoms. The van der Waals surface area contributed by atoms with E-state index < -0.39 is 17.8 Å². The summed E-state index contributed by atoms with van der Waals surface area (Å²) in [5, 5.41) is 2.19. The second-order valence-corrected chi connectivity index (χ2v) is 7.69. The molecule has 0 atom stereocenters. The van der Waals surface area contributed by atoms with E-state index in [1.165, 1.54) is 12.3 Å². The molecule has 0 aliphatic carbocycles. The summed E-state index contributed by atoms with van der Waals surface area (Å²) in [5.74, 6) is -0.328. The second kappa shape index (κ2) is 9.01. The number of nitrogens with zero attached hydrogens (tertiary/aromatic N) is 1. The maximum Gasteiger partial charge on any atom is 0.331 e. The van der Waals surface area contributed by atoms with Crippen molar-refractivity contribution in [3.8, 4) is 5.75 Å². The molecule has 3 aromatic rings. The van der Waals surface area contributed by atoms with Crippen LogP contribution in [0, 0.1) is 0 Å². The van der Waals surface area contributed by atoms with Gasteiger partial charge in [0.2, 0.25) is 0 Å². The number of hydrogen-bond donors (Lipinski definition) is 1. The van der Waals surface area contributed by atoms with Gasteiger partial charge in [-0.25, -0.2) is 4.79 Å². The third-order valence-electron chi connectivity index (χ3n) is 4.59. The molecule has 2 heterocycles. The van der Waals surface area contributed by atoms with Crippen LogP contribution in [0.15, 0.2) is 81.4 Å². The summed E-state index contributed by atoms with van der Waals surface area (Å²) in [6, 6.07) is 17.3. The molecule has 4 rings (SSSR count). The van der Waals surface area contributed by atoms with Gasteiger partial charge in [-0.05, 0) is 53.6 Å². The molecule has 31 heavy (non-hydrogen) atoms. The van der Waals surface area contributed by atoms with Gasteiger partial charge in [0.05, 0.1) is 12.8 Å². The van der Waals surface area contributed by atoms with Gasteiger partial charge in [-0.2, -0.15) is 0 Å². The molecular weight excluding hydrogens is 464 g/mol. The number of ether oxygens (including phenoxy) is 1. The summed E-state index contributed by atoms with van der Waals surface area (Å²) < 4.78 is 12.0. The summed E-state index contributed by atoms with van der Waals surface area (Å²) in [7, 11) is 0. The topological polar surface area (TPSA) is 88.9 Å². The van der Waals surface area contributed by atoms with Gasteiger partial charge in [-0.3, -0.25) is 19.8 Å². The van der Waals surface area contributed by atoms with E-state index >= 15 is 0 Å². The number of rotatable bonds is 6. The molecule has 1 aliphatic rings. The van der Waals surface area contributed by atoms with Crippen molar-refractivity contribution in [1.29, 1.82) is 0 Å². The minimum Gasteiger partial charge on any atom is -0.489 e. The highest BCUT2D eigenvalue weighted by molar-refractivity contribution is 9.10. The minimum atomic E-state index is -0.778. The molecule has 156 valence electrons. The van der Waals surface area contributed by atoms with Crippen LogP contribution in [0.4, 0.5) is 4.79 Å². The lowest BCUT2D eigenvalue weighted by Crippen LogP contribution is -2.53. The van der Waals surface area contributed by atoms with E-state index in [1.54, 1.807) is 36.4 Å². The molecule has 1 aliphatic heterocycles. The monoisotopic (exact) mass is 480 g/mol. The lowest BCUT2D eigenvalue weighted by Gasteiger charge is -2.25. The van der Waals surface area contributed by atoms with Crippen molar-refractivity contribution in [2.75, 3.05) is 0 Å². The predicted molar refractivity (Wildman–Crippen MR) is 116 cm³/mol. The quantitative estimate of drug-likeness (QED) is 0.420. The number of hydrogen-bond acceptors (Lipinski definition) is 5. The number of amides is 4. The first-order chi connectivity index (χ1) is 15.0. The van der Waals surface area contributed by atoms with Crippen molar-refractivity contribution in [2.24, 2.45) is 0 Å². The van der Waals surface area contributed by atoms with Gasteiger partial charge in [0.25, 0.3) is 11.8 Å². The summed E-state index contributed by atoms with van der Waals surface area (Å²) >= 11 is 3.40. The van der Waals surface area contributed by atoms with Crippen LogP contribution < -0.4 is 10.1 Å². The van der Waals surface area contributed by atoms with Crippen molar-refractivity contribution < 1.29 is 23.5 Å². The van der Waals surface area contributed by atoms with E-state index in [1.807, 2.05) is 24.3 Å². The van der Waals surface area contributed by atoms with Gasteiger partial charge in [0, 0.05) is 4.47 Å². The van der Waals surface area contributed by atoms with E-state index in [0.717, 1.165) is 14.9 Å². The van der Waals surface area contributed by atoms with Crippen LogP contribution in [-0.4, -0.2) is 22.7 Å². The number of nitrogens with one attached hydrogen (secondary N) is 1. The van der Waals surface area contributed by atoms with Gasteiger partial charge in [-0.1, -0.05) is 40.2 Å². The standard InChI is InChI=1S/C23H17BrN2O5/c24-17-7-3-16(4-8-17)14-31-18-9-5-15(6-10-18)12-20-21(27)25-23(29)26(22(20)28)13-19-2-1-11-30-19/h1-12H,13-14H2,(H,25,27,29). The minimum absolute atomic E-state index is 0.0644. The fourth-order valence-corrected chi connectivity index (χ4v) is 3.23. The van der Waals surface area contributed by atoms with E-state index in [4.69, 9.17) is 9.15 Å². The highest BCUT2D eigenvalue weighted by atomic mass is 79.9. The molecule has 8 heteroatoms. The summed E-state index contributed by atoms with van der Waals surface area (Å²) in [6.45, 7) is 0.351. The number of imide groups is 2. The van der Waals surface area contributed by atoms with Crippen molar-refractivity contribution >= 4 is 39.9 Å². The van der Waals surface area contributed by atoms with E-state index in [2.05, 4.69) is 21.2 Å². The number of halogens is 1. The number of barbiturate groups is 1. The van der Waals surface area contributed by atoms with Gasteiger partial charge < -0.3 is 9.15 Å². The molecule has 1 fully saturated rings. The zero-order valence-corrected chi connectivity index (χ0v) is 17.8. The molecule has 2 aromatic carbocycles. The number of benzene rings is 2. The van der Waals surface area contributed by atoms with Crippen LogP contribution in [-0.2, 0) is 22.7 Å². The SMILES string of the molecule is O=C1NC(=O)N(Cc2ccco2)C(=O)C1=Cc1ccc(OCc2ccc(Br)cc2)cc1. The lowest BCUT2D eigenvalue weighted by atomic mass is 10.1. The molecule has 7 nitrogen and oxygen atoms in total. The van der Waals surface area contributed by atoms with Crippen molar-refractivity contribution in [3.05, 3.63) is 93.9 Å². The molecule has 0 unspecified atom stereocenters. The average molecular weight is 481 g/mol. The largest absolute Gasteiger partial charge is 0.489 e. The number of furan rings is 1. The maximum atomic E-state index is 12.7. The first-order valence-corrected chi connectivity index (χ1v) is 10.2. The number of carbonyl (C=O) groups is 3. The van der Waals surface area contributed by atoms with Gasteiger partial charge >= 0.3 is 6.03 Å². The third-order valence-corrected chi connectivity index (χ3v) is 5.12. The smallest absolute Gasteiger partial charge is 0.331 e. The first-order valence-electron chi connectivity index (χ1n) is 9.38. The van der Waals surface area contributed by atoms with Gasteiger partial charge in [0.1, 0.15) is 23.7 Å². The summed E-state index contributed by atoms with van der Waals surface area (Å²) in [5.41, 5.74) is 1.52. The Morgan fingerprint density at radius 2 is 1.74 bits per heavy atom. The molecule has 1 aromatic heterocycles. The highest BCUT2D eigenvalue weighted by Gasteiger charge is 2.36. The molecule has 1 N–H and O–H groups in total. The predicted octanol–water partition coefficient (Wildman–Crippen LogP) is 4.28. The van der Waals surface area contributed by atoms with Crippen LogP contribution in [0.5, 0.6) is 5.75 Å². The Bertz CT molecular complexity index is 1140. The van der Waals surface area contributed by atoms with Gasteiger partial charge in [0.15, 0.2) is 0 Å². The van der Waals surface area contributed by atoms with Crippen LogP contribution in [0.25, 0.3) is 6.08 Å². The van der Waals surface area contributed by atoms with E-state index in [0.29, 0.717) is 23.7 Å². The normalized spacial score (nSPS) is 15.3. The summed E-state index contributed by atoms with van der Waals surface area (Å²) in [6.07, 6.45) is 2.89. The zero-order valence-electron chi connectivity index (χ0n) is 16.2. The fraction of sp³-hybridized carbons (Fsp3) is 0.0870. The Balaban J connectivity index is 1.46. The van der Waals surface area contributed by atoms with E-state index in [-0.39, 0.29) is 12.1 Å². The molecule has 0 saturated carbocycles. The van der Waals surface area contributed by atoms with Crippen LogP contribution in [0.3, 0.4) is 0 Å². The Hall–Kier alpha value is -3.65. The summed E-state index contributed by atoms with van der Waals surface area (Å²) in [4.78, 5) is 38.0. The zero-order chi connectivity index (χ0) is 21.8. The van der Waals surface area contributed by atoms with Crippen LogP contribution in [0.1, 0.15) is 16.9 Å². The van der Waals surface area contributed by atoms with Crippen molar-refractivity contribution in [3.63, 3.8) is 0 Å². The Morgan fingerprint density at radius 1 is 1.00 bits per heavy atom. The first kappa shape index (κ1) is 20.6. The van der Waals surface area contributed by atoms with Crippen molar-refractivity contribution in [1.82, 2.24) is 10.2 Å². The number of carbonyl (C=O) groups excluding carboxylic acids is 3. The maximum absolute atomic E-state index is 12.7. The Kier molecular flexibility index (Phi) is 5.99. The molecule has 0 radical (unpaired) electrons. The number of urea groups is 1. The molecule has 4 amide bonds. The molecule has 0 bridgehead atoms. The fourth-order valence-electron chi connectivity index (χ4n) is 2.97. The van der Waals surface area contributed by atoms with Gasteiger partial charge in [-0.15, -0.1) is 0 Å². The van der Waals surface area contributed by atoms with Crippen molar-refractivity contribution in [2.45, 2.75) is 13.2 Å². The molecular formula is C23H17BrN2O5. The van der Waals surface area contributed by atoms with Crippen LogP contribution in [0.2, 0.25) is 0 Å². The van der Waals surface area contributed by atoms with E-state index in [9.17, 15) is 14.4 Å². The second-order valence-electron chi connectivity index (χ2n) is 6.77. The Labute approximate surface area is 186 Å². The Morgan fingerprint density at radius 3 is 2.42 bits per heavy atom.